The molecule has 0 saturated carbocycles. The van der Waals surface area contributed by atoms with Crippen LogP contribution in [0.15, 0.2) is 24.3 Å². The third kappa shape index (κ3) is 3.97. The summed E-state index contributed by atoms with van der Waals surface area (Å²) in [5.74, 6) is -1.05. The van der Waals surface area contributed by atoms with Gasteiger partial charge in [0.25, 0.3) is 0 Å². The van der Waals surface area contributed by atoms with E-state index in [1.165, 1.54) is 11.8 Å². The SMILES string of the molecule is CC(C)(SCc1ccccc1C(N)=O)[C@@H](N)C(=O)O. The summed E-state index contributed by atoms with van der Waals surface area (Å²) in [4.78, 5) is 22.2. The third-order valence-corrected chi connectivity index (χ3v) is 4.35. The van der Waals surface area contributed by atoms with E-state index in [0.717, 1.165) is 5.56 Å². The summed E-state index contributed by atoms with van der Waals surface area (Å²) in [5.41, 5.74) is 12.2. The van der Waals surface area contributed by atoms with E-state index in [1.807, 2.05) is 6.07 Å². The van der Waals surface area contributed by atoms with Crippen LogP contribution in [0, 0.1) is 0 Å². The molecule has 0 aliphatic heterocycles. The maximum absolute atomic E-state index is 11.3. The van der Waals surface area contributed by atoms with Crippen LogP contribution in [0.2, 0.25) is 0 Å². The highest BCUT2D eigenvalue weighted by Crippen LogP contribution is 2.31. The number of amides is 1. The summed E-state index contributed by atoms with van der Waals surface area (Å²) in [7, 11) is 0. The van der Waals surface area contributed by atoms with E-state index in [-0.39, 0.29) is 0 Å². The molecule has 0 saturated heterocycles. The molecule has 0 fully saturated rings. The molecule has 0 radical (unpaired) electrons. The number of carbonyl (C=O) groups is 2. The molecule has 0 aliphatic rings. The topological polar surface area (TPSA) is 106 Å². The predicted octanol–water partition coefficient (Wildman–Crippen LogP) is 1.21. The van der Waals surface area contributed by atoms with Gasteiger partial charge >= 0.3 is 5.97 Å². The van der Waals surface area contributed by atoms with Gasteiger partial charge in [-0.1, -0.05) is 18.2 Å². The van der Waals surface area contributed by atoms with Gasteiger partial charge in [0.2, 0.25) is 5.91 Å². The van der Waals surface area contributed by atoms with E-state index in [0.29, 0.717) is 11.3 Å². The van der Waals surface area contributed by atoms with Crippen LogP contribution in [-0.4, -0.2) is 27.8 Å². The second-order valence-corrected chi connectivity index (χ2v) is 6.36. The fourth-order valence-corrected chi connectivity index (χ4v) is 2.60. The Morgan fingerprint density at radius 1 is 1.37 bits per heavy atom. The van der Waals surface area contributed by atoms with Crippen LogP contribution in [0.25, 0.3) is 0 Å². The number of carboxylic acid groups (broad SMARTS) is 1. The quantitative estimate of drug-likeness (QED) is 0.727. The molecule has 0 bridgehead atoms. The van der Waals surface area contributed by atoms with Crippen molar-refractivity contribution in [3.63, 3.8) is 0 Å². The average molecular weight is 282 g/mol. The fourth-order valence-electron chi connectivity index (χ4n) is 1.54. The van der Waals surface area contributed by atoms with Crippen molar-refractivity contribution in [2.75, 3.05) is 0 Å². The summed E-state index contributed by atoms with van der Waals surface area (Å²) in [6, 6.07) is 6.03. The number of primary amides is 1. The highest BCUT2D eigenvalue weighted by molar-refractivity contribution is 7.99. The molecule has 1 aromatic rings. The number of hydrogen-bond donors (Lipinski definition) is 3. The lowest BCUT2D eigenvalue weighted by molar-refractivity contribution is -0.139. The number of aliphatic carboxylic acids is 1. The maximum atomic E-state index is 11.3. The predicted molar refractivity (Wildman–Crippen MR) is 75.9 cm³/mol. The van der Waals surface area contributed by atoms with Gasteiger partial charge in [0, 0.05) is 16.1 Å². The van der Waals surface area contributed by atoms with Gasteiger partial charge < -0.3 is 16.6 Å². The van der Waals surface area contributed by atoms with Gasteiger partial charge in [0.05, 0.1) is 0 Å². The van der Waals surface area contributed by atoms with E-state index in [1.54, 1.807) is 32.0 Å². The van der Waals surface area contributed by atoms with Crippen molar-refractivity contribution < 1.29 is 14.7 Å². The Bertz CT molecular complexity index is 489. The van der Waals surface area contributed by atoms with Gasteiger partial charge in [-0.3, -0.25) is 9.59 Å². The molecule has 0 unspecified atom stereocenters. The van der Waals surface area contributed by atoms with Crippen LogP contribution >= 0.6 is 11.8 Å². The minimum absolute atomic E-state index is 0.453. The Hall–Kier alpha value is -1.53. The number of rotatable bonds is 6. The molecule has 6 heteroatoms. The van der Waals surface area contributed by atoms with E-state index >= 15 is 0 Å². The van der Waals surface area contributed by atoms with Gasteiger partial charge in [-0.05, 0) is 25.5 Å². The molecule has 19 heavy (non-hydrogen) atoms. The van der Waals surface area contributed by atoms with Crippen molar-refractivity contribution in [1.29, 1.82) is 0 Å². The first-order valence-electron chi connectivity index (χ1n) is 5.75. The molecular formula is C13H18N2O3S. The van der Waals surface area contributed by atoms with E-state index in [2.05, 4.69) is 0 Å². The molecule has 104 valence electrons. The minimum atomic E-state index is -1.04. The Morgan fingerprint density at radius 2 is 1.95 bits per heavy atom. The third-order valence-electron chi connectivity index (χ3n) is 2.90. The first-order chi connectivity index (χ1) is 8.75. The Balaban J connectivity index is 2.82. The summed E-state index contributed by atoms with van der Waals surface area (Å²) in [5, 5.41) is 8.95. The molecule has 5 N–H and O–H groups in total. The number of nitrogens with two attached hydrogens (primary N) is 2. The number of thioether (sulfide) groups is 1. The number of carboxylic acids is 1. The Kier molecular flexibility index (Phi) is 4.97. The van der Waals surface area contributed by atoms with Gasteiger partial charge in [-0.25, -0.2) is 0 Å². The largest absolute Gasteiger partial charge is 0.480 e. The summed E-state index contributed by atoms with van der Waals surface area (Å²) in [6.07, 6.45) is 0. The second kappa shape index (κ2) is 6.08. The van der Waals surface area contributed by atoms with Gasteiger partial charge in [-0.2, -0.15) is 0 Å². The lowest BCUT2D eigenvalue weighted by Crippen LogP contribution is -2.46. The zero-order valence-corrected chi connectivity index (χ0v) is 11.7. The molecule has 1 aromatic carbocycles. The highest BCUT2D eigenvalue weighted by atomic mass is 32.2. The summed E-state index contributed by atoms with van der Waals surface area (Å²) >= 11 is 1.39. The Labute approximate surface area is 116 Å². The summed E-state index contributed by atoms with van der Waals surface area (Å²) < 4.78 is -0.642. The van der Waals surface area contributed by atoms with Crippen LogP contribution in [0.3, 0.4) is 0 Å². The number of carbonyl (C=O) groups excluding carboxylic acids is 1. The van der Waals surface area contributed by atoms with Crippen LogP contribution in [-0.2, 0) is 10.5 Å². The number of hydrogen-bond acceptors (Lipinski definition) is 4. The fraction of sp³-hybridized carbons (Fsp3) is 0.385. The first kappa shape index (κ1) is 15.5. The Morgan fingerprint density at radius 3 is 2.47 bits per heavy atom. The lowest BCUT2D eigenvalue weighted by atomic mass is 10.1. The van der Waals surface area contributed by atoms with Crippen molar-refractivity contribution in [1.82, 2.24) is 0 Å². The maximum Gasteiger partial charge on any atom is 0.321 e. The van der Waals surface area contributed by atoms with Crippen molar-refractivity contribution in [3.8, 4) is 0 Å². The van der Waals surface area contributed by atoms with Crippen molar-refractivity contribution in [2.24, 2.45) is 11.5 Å². The molecule has 1 rings (SSSR count). The van der Waals surface area contributed by atoms with Crippen molar-refractivity contribution >= 4 is 23.6 Å². The van der Waals surface area contributed by atoms with Gasteiger partial charge in [0.1, 0.15) is 6.04 Å². The molecular weight excluding hydrogens is 264 g/mol. The molecule has 0 spiro atoms. The first-order valence-corrected chi connectivity index (χ1v) is 6.74. The molecule has 1 atom stereocenters. The molecule has 0 heterocycles. The van der Waals surface area contributed by atoms with E-state index in [4.69, 9.17) is 16.6 Å². The number of benzene rings is 1. The van der Waals surface area contributed by atoms with Gasteiger partial charge in [-0.15, -0.1) is 11.8 Å². The van der Waals surface area contributed by atoms with Crippen LogP contribution in [0.1, 0.15) is 29.8 Å². The monoisotopic (exact) mass is 282 g/mol. The van der Waals surface area contributed by atoms with E-state index in [9.17, 15) is 9.59 Å². The average Bonchev–Trinajstić information content (AvgIpc) is 2.35. The van der Waals surface area contributed by atoms with Crippen LogP contribution < -0.4 is 11.5 Å². The van der Waals surface area contributed by atoms with Crippen LogP contribution in [0.5, 0.6) is 0 Å². The molecule has 1 amide bonds. The standard InChI is InChI=1S/C13H18N2O3S/c1-13(2,10(14)12(17)18)19-7-8-5-3-4-6-9(8)11(15)16/h3-6,10H,7,14H2,1-2H3,(H2,15,16)(H,17,18)/t10-/m0/s1. The lowest BCUT2D eigenvalue weighted by Gasteiger charge is -2.28. The van der Waals surface area contributed by atoms with Crippen LogP contribution in [0.4, 0.5) is 0 Å². The summed E-state index contributed by atoms with van der Waals surface area (Å²) in [6.45, 7) is 3.53. The zero-order valence-electron chi connectivity index (χ0n) is 10.9. The molecule has 0 aromatic heterocycles. The highest BCUT2D eigenvalue weighted by Gasteiger charge is 2.32. The normalized spacial score (nSPS) is 13.0. The van der Waals surface area contributed by atoms with Gasteiger partial charge in [0.15, 0.2) is 0 Å². The van der Waals surface area contributed by atoms with E-state index < -0.39 is 22.7 Å². The minimum Gasteiger partial charge on any atom is -0.480 e. The van der Waals surface area contributed by atoms with Crippen molar-refractivity contribution in [2.45, 2.75) is 30.4 Å². The molecule has 5 nitrogen and oxygen atoms in total. The smallest absolute Gasteiger partial charge is 0.321 e. The van der Waals surface area contributed by atoms with Crippen molar-refractivity contribution in [3.05, 3.63) is 35.4 Å². The zero-order chi connectivity index (χ0) is 14.6. The second-order valence-electron chi connectivity index (χ2n) is 4.73. The molecule has 0 aliphatic carbocycles.